The van der Waals surface area contributed by atoms with Crippen molar-refractivity contribution in [2.24, 2.45) is 5.92 Å². The van der Waals surface area contributed by atoms with Gasteiger partial charge in [-0.1, -0.05) is 25.1 Å². The van der Waals surface area contributed by atoms with Crippen LogP contribution >= 0.6 is 11.3 Å². The molecular weight excluding hydrogens is 348 g/mol. The van der Waals surface area contributed by atoms with Crippen LogP contribution in [0.2, 0.25) is 0 Å². The highest BCUT2D eigenvalue weighted by atomic mass is 32.1. The second-order valence-electron chi connectivity index (χ2n) is 6.70. The van der Waals surface area contributed by atoms with E-state index in [1.165, 1.54) is 24.2 Å². The molecule has 1 aliphatic rings. The van der Waals surface area contributed by atoms with Gasteiger partial charge in [-0.05, 0) is 44.0 Å². The van der Waals surface area contributed by atoms with Crippen molar-refractivity contribution in [2.45, 2.75) is 26.3 Å². The minimum atomic E-state index is -0.276. The van der Waals surface area contributed by atoms with Gasteiger partial charge in [-0.15, -0.1) is 11.3 Å². The number of aromatic nitrogens is 1. The first-order valence-electron chi connectivity index (χ1n) is 8.90. The van der Waals surface area contributed by atoms with Gasteiger partial charge in [0.15, 0.2) is 5.13 Å². The third kappa shape index (κ3) is 5.37. The molecule has 2 amide bonds. The minimum Gasteiger partial charge on any atom is -0.343 e. The Kier molecular flexibility index (Phi) is 6.35. The number of carbonyl (C=O) groups is 2. The molecule has 1 aromatic carbocycles. The first-order valence-corrected chi connectivity index (χ1v) is 9.78. The van der Waals surface area contributed by atoms with Gasteiger partial charge in [0.25, 0.3) is 5.91 Å². The second-order valence-corrected chi connectivity index (χ2v) is 7.56. The van der Waals surface area contributed by atoms with Crippen molar-refractivity contribution < 1.29 is 9.59 Å². The Morgan fingerprint density at radius 2 is 1.96 bits per heavy atom. The van der Waals surface area contributed by atoms with E-state index in [-0.39, 0.29) is 18.4 Å². The number of amides is 2. The number of likely N-dealkylation sites (tertiary alicyclic amines) is 1. The highest BCUT2D eigenvalue weighted by Gasteiger charge is 2.17. The average molecular weight is 372 g/mol. The van der Waals surface area contributed by atoms with E-state index >= 15 is 0 Å². The first kappa shape index (κ1) is 18.5. The largest absolute Gasteiger partial charge is 0.343 e. The van der Waals surface area contributed by atoms with E-state index in [2.05, 4.69) is 27.4 Å². The maximum Gasteiger partial charge on any atom is 0.251 e. The molecule has 2 heterocycles. The summed E-state index contributed by atoms with van der Waals surface area (Å²) in [6.45, 7) is 5.25. The van der Waals surface area contributed by atoms with Gasteiger partial charge in [0.05, 0.1) is 12.2 Å². The van der Waals surface area contributed by atoms with E-state index in [0.717, 1.165) is 31.2 Å². The summed E-state index contributed by atoms with van der Waals surface area (Å²) in [5.74, 6) is 0.268. The highest BCUT2D eigenvalue weighted by molar-refractivity contribution is 7.13. The molecule has 2 aromatic rings. The van der Waals surface area contributed by atoms with E-state index in [1.807, 2.05) is 11.4 Å². The number of nitrogens with zero attached hydrogens (tertiary/aromatic N) is 2. The number of nitrogens with one attached hydrogen (secondary N) is 2. The molecule has 6 nitrogen and oxygen atoms in total. The molecule has 138 valence electrons. The van der Waals surface area contributed by atoms with E-state index in [4.69, 9.17) is 0 Å². The molecule has 0 spiro atoms. The van der Waals surface area contributed by atoms with Crippen molar-refractivity contribution in [1.29, 1.82) is 0 Å². The maximum absolute atomic E-state index is 12.0. The Balaban J connectivity index is 1.43. The molecule has 2 N–H and O–H groups in total. The standard InChI is InChI=1S/C19H24N4O2S/c1-14-7-9-23(10-8-14)12-16-13-26-19(21-16)22-17(24)11-20-18(25)15-5-3-2-4-6-15/h2-6,13-14H,7-12H2,1H3,(H,20,25)(H,21,22,24). The van der Waals surface area contributed by atoms with Crippen molar-refractivity contribution in [2.75, 3.05) is 25.0 Å². The molecule has 1 fully saturated rings. The summed E-state index contributed by atoms with van der Waals surface area (Å²) >= 11 is 1.42. The predicted octanol–water partition coefficient (Wildman–Crippen LogP) is 2.74. The monoisotopic (exact) mass is 372 g/mol. The number of anilines is 1. The summed E-state index contributed by atoms with van der Waals surface area (Å²) in [6.07, 6.45) is 2.46. The molecule has 1 aliphatic heterocycles. The minimum absolute atomic E-state index is 0.0767. The molecule has 26 heavy (non-hydrogen) atoms. The molecule has 0 radical (unpaired) electrons. The van der Waals surface area contributed by atoms with Gasteiger partial charge in [0.2, 0.25) is 5.91 Å². The van der Waals surface area contributed by atoms with Crippen LogP contribution in [0.15, 0.2) is 35.7 Å². The van der Waals surface area contributed by atoms with Gasteiger partial charge in [-0.3, -0.25) is 14.5 Å². The van der Waals surface area contributed by atoms with Crippen LogP contribution in [0.3, 0.4) is 0 Å². The Labute approximate surface area is 157 Å². The summed E-state index contributed by atoms with van der Waals surface area (Å²) < 4.78 is 0. The van der Waals surface area contributed by atoms with E-state index < -0.39 is 0 Å². The summed E-state index contributed by atoms with van der Waals surface area (Å²) in [5.41, 5.74) is 1.51. The summed E-state index contributed by atoms with van der Waals surface area (Å²) in [5, 5.41) is 7.92. The van der Waals surface area contributed by atoms with Gasteiger partial charge in [0, 0.05) is 17.5 Å². The fourth-order valence-electron chi connectivity index (χ4n) is 2.90. The van der Waals surface area contributed by atoms with Crippen LogP contribution in [0.5, 0.6) is 0 Å². The van der Waals surface area contributed by atoms with Crippen LogP contribution in [-0.4, -0.2) is 41.3 Å². The fraction of sp³-hybridized carbons (Fsp3) is 0.421. The lowest BCUT2D eigenvalue weighted by atomic mass is 9.99. The summed E-state index contributed by atoms with van der Waals surface area (Å²) in [6, 6.07) is 8.83. The maximum atomic E-state index is 12.0. The number of piperidine rings is 1. The predicted molar refractivity (Wildman–Crippen MR) is 103 cm³/mol. The number of rotatable bonds is 6. The molecule has 0 aliphatic carbocycles. The molecule has 0 bridgehead atoms. The average Bonchev–Trinajstić information content (AvgIpc) is 3.09. The van der Waals surface area contributed by atoms with E-state index in [1.54, 1.807) is 24.3 Å². The topological polar surface area (TPSA) is 74.3 Å². The normalized spacial score (nSPS) is 15.6. The number of carbonyl (C=O) groups excluding carboxylic acids is 2. The van der Waals surface area contributed by atoms with Crippen molar-refractivity contribution >= 4 is 28.3 Å². The molecule has 0 unspecified atom stereocenters. The lowest BCUT2D eigenvalue weighted by Crippen LogP contribution is -2.33. The zero-order chi connectivity index (χ0) is 18.4. The SMILES string of the molecule is CC1CCN(Cc2csc(NC(=O)CNC(=O)c3ccccc3)n2)CC1. The number of hydrogen-bond donors (Lipinski definition) is 2. The molecule has 1 aromatic heterocycles. The smallest absolute Gasteiger partial charge is 0.251 e. The van der Waals surface area contributed by atoms with Gasteiger partial charge in [-0.2, -0.15) is 0 Å². The van der Waals surface area contributed by atoms with Crippen LogP contribution in [0, 0.1) is 5.92 Å². The lowest BCUT2D eigenvalue weighted by Gasteiger charge is -2.29. The van der Waals surface area contributed by atoms with Gasteiger partial charge >= 0.3 is 0 Å². The van der Waals surface area contributed by atoms with Crippen molar-refractivity contribution in [3.05, 3.63) is 47.0 Å². The third-order valence-corrected chi connectivity index (χ3v) is 5.31. The molecule has 7 heteroatoms. The first-order chi connectivity index (χ1) is 12.6. The lowest BCUT2D eigenvalue weighted by molar-refractivity contribution is -0.115. The Morgan fingerprint density at radius 1 is 1.23 bits per heavy atom. The quantitative estimate of drug-likeness (QED) is 0.818. The van der Waals surface area contributed by atoms with E-state index in [0.29, 0.717) is 10.7 Å². The van der Waals surface area contributed by atoms with Crippen LogP contribution < -0.4 is 10.6 Å². The van der Waals surface area contributed by atoms with Crippen LogP contribution in [-0.2, 0) is 11.3 Å². The van der Waals surface area contributed by atoms with Gasteiger partial charge in [-0.25, -0.2) is 4.98 Å². The van der Waals surface area contributed by atoms with E-state index in [9.17, 15) is 9.59 Å². The molecule has 0 saturated carbocycles. The zero-order valence-electron chi connectivity index (χ0n) is 14.9. The van der Waals surface area contributed by atoms with Crippen molar-refractivity contribution in [3.8, 4) is 0 Å². The molecule has 0 atom stereocenters. The molecule has 1 saturated heterocycles. The van der Waals surface area contributed by atoms with Crippen molar-refractivity contribution in [3.63, 3.8) is 0 Å². The Morgan fingerprint density at radius 3 is 2.69 bits per heavy atom. The summed E-state index contributed by atoms with van der Waals surface area (Å²) in [4.78, 5) is 30.8. The van der Waals surface area contributed by atoms with Crippen molar-refractivity contribution in [1.82, 2.24) is 15.2 Å². The van der Waals surface area contributed by atoms with Crippen LogP contribution in [0.1, 0.15) is 35.8 Å². The third-order valence-electron chi connectivity index (χ3n) is 4.51. The Bertz CT molecular complexity index is 739. The van der Waals surface area contributed by atoms with Crippen LogP contribution in [0.25, 0.3) is 0 Å². The number of hydrogen-bond acceptors (Lipinski definition) is 5. The number of thiazole rings is 1. The number of benzene rings is 1. The van der Waals surface area contributed by atoms with Gasteiger partial charge in [0.1, 0.15) is 0 Å². The molecular formula is C19H24N4O2S. The van der Waals surface area contributed by atoms with Gasteiger partial charge < -0.3 is 10.6 Å². The van der Waals surface area contributed by atoms with Crippen LogP contribution in [0.4, 0.5) is 5.13 Å². The second kappa shape index (κ2) is 8.91. The highest BCUT2D eigenvalue weighted by Crippen LogP contribution is 2.20. The fourth-order valence-corrected chi connectivity index (χ4v) is 3.62. The zero-order valence-corrected chi connectivity index (χ0v) is 15.7. The Hall–Kier alpha value is -2.25. The summed E-state index contributed by atoms with van der Waals surface area (Å²) in [7, 11) is 0. The molecule has 3 rings (SSSR count).